The van der Waals surface area contributed by atoms with E-state index >= 15 is 0 Å². The van der Waals surface area contributed by atoms with Gasteiger partial charge in [-0.05, 0) is 36.1 Å². The Morgan fingerprint density at radius 2 is 1.81 bits per heavy atom. The molecule has 0 aromatic carbocycles. The number of hydrogen-bond donors (Lipinski definition) is 1. The van der Waals surface area contributed by atoms with Crippen LogP contribution in [0.1, 0.15) is 25.2 Å². The van der Waals surface area contributed by atoms with E-state index in [2.05, 4.69) is 47.8 Å². The number of ketones is 1. The first-order valence-electron chi connectivity index (χ1n) is 8.21. The molecule has 0 saturated carbocycles. The van der Waals surface area contributed by atoms with Gasteiger partial charge < -0.3 is 15.1 Å². The summed E-state index contributed by atoms with van der Waals surface area (Å²) in [5.41, 5.74) is 3.95. The van der Waals surface area contributed by atoms with E-state index in [0.29, 0.717) is 0 Å². The van der Waals surface area contributed by atoms with E-state index in [4.69, 9.17) is 5.11 Å². The number of carbonyl (C=O) groups excluding carboxylic acids is 1. The number of aliphatic hydroxyl groups excluding tert-OH is 1. The minimum atomic E-state index is -1.27. The molecule has 0 spiro atoms. The van der Waals surface area contributed by atoms with Crippen LogP contribution in [-0.4, -0.2) is 28.9 Å². The molecule has 0 fully saturated rings. The molecule has 26 heavy (non-hydrogen) atoms. The third-order valence-corrected chi connectivity index (χ3v) is 5.46. The van der Waals surface area contributed by atoms with Gasteiger partial charge in [-0.2, -0.15) is 0 Å². The van der Waals surface area contributed by atoms with Crippen LogP contribution in [0.4, 0.5) is 0 Å². The van der Waals surface area contributed by atoms with Crippen LogP contribution in [0.5, 0.6) is 0 Å². The molecule has 0 bridgehead atoms. The van der Waals surface area contributed by atoms with Gasteiger partial charge in [0.05, 0.1) is 13.8 Å². The average molecular weight is 548 g/mol. The second kappa shape index (κ2) is 10.5. The van der Waals surface area contributed by atoms with Crippen LogP contribution in [0.25, 0.3) is 11.3 Å². The van der Waals surface area contributed by atoms with Gasteiger partial charge in [0.1, 0.15) is 0 Å². The standard InChI is InChI=1S/C15H19N2Si.C5H8O2.Ir/c1-11-6-8-14(12(2)17-11)15-9-7-13(10-16-15)18(3,4)5;1-4(6)3-5(2)7;/h6-7,9-10H,1-5H3;3,6H,1-2H3;/q-1;;. The van der Waals surface area contributed by atoms with E-state index in [-0.39, 0.29) is 31.6 Å². The third kappa shape index (κ3) is 8.17. The molecule has 0 aliphatic heterocycles. The SMILES string of the molecule is CC(=O)C=C(C)O.Cc1c[c-]c(-c2ccc([Si](C)(C)C)cn2)c(C)n1.[Ir]. The van der Waals surface area contributed by atoms with Gasteiger partial charge in [-0.15, -0.1) is 17.7 Å². The van der Waals surface area contributed by atoms with Crippen LogP contribution in [0.15, 0.2) is 36.2 Å². The quantitative estimate of drug-likeness (QED) is 0.272. The Bertz CT molecular complexity index is 762. The maximum atomic E-state index is 10.0. The van der Waals surface area contributed by atoms with Crippen molar-refractivity contribution in [1.29, 1.82) is 0 Å². The predicted molar refractivity (Wildman–Crippen MR) is 106 cm³/mol. The first-order valence-corrected chi connectivity index (χ1v) is 11.7. The monoisotopic (exact) mass is 548 g/mol. The summed E-state index contributed by atoms with van der Waals surface area (Å²) in [6.07, 6.45) is 3.18. The minimum Gasteiger partial charge on any atom is -0.512 e. The summed E-state index contributed by atoms with van der Waals surface area (Å²) < 4.78 is 0. The fourth-order valence-corrected chi connectivity index (χ4v) is 3.21. The number of aryl methyl sites for hydroxylation is 2. The zero-order valence-corrected chi connectivity index (χ0v) is 19.9. The van der Waals surface area contributed by atoms with Gasteiger partial charge in [0.25, 0.3) is 0 Å². The number of nitrogens with zero attached hydrogens (tertiary/aromatic N) is 2. The van der Waals surface area contributed by atoms with E-state index in [9.17, 15) is 4.79 Å². The van der Waals surface area contributed by atoms with Crippen molar-refractivity contribution in [3.63, 3.8) is 0 Å². The van der Waals surface area contributed by atoms with Gasteiger partial charge in [-0.3, -0.25) is 4.79 Å². The molecule has 2 rings (SSSR count). The molecule has 2 aromatic rings. The van der Waals surface area contributed by atoms with Crippen molar-refractivity contribution in [2.24, 2.45) is 0 Å². The predicted octanol–water partition coefficient (Wildman–Crippen LogP) is 4.14. The van der Waals surface area contributed by atoms with Crippen molar-refractivity contribution >= 4 is 19.0 Å². The van der Waals surface area contributed by atoms with Gasteiger partial charge in [0, 0.05) is 32.4 Å². The first-order chi connectivity index (χ1) is 11.5. The molecule has 2 heterocycles. The molecule has 2 aromatic heterocycles. The second-order valence-corrected chi connectivity index (χ2v) is 12.2. The van der Waals surface area contributed by atoms with Gasteiger partial charge in [-0.1, -0.05) is 45.6 Å². The summed E-state index contributed by atoms with van der Waals surface area (Å²) in [4.78, 5) is 19.0. The molecule has 1 radical (unpaired) electrons. The summed E-state index contributed by atoms with van der Waals surface area (Å²) in [5.74, 6) is -0.0625. The molecular formula is C20H27IrN2O2Si-. The number of rotatable bonds is 3. The number of carbonyl (C=O) groups is 1. The van der Waals surface area contributed by atoms with Crippen molar-refractivity contribution < 1.29 is 30.0 Å². The van der Waals surface area contributed by atoms with Gasteiger partial charge in [0.15, 0.2) is 5.78 Å². The Morgan fingerprint density at radius 1 is 1.19 bits per heavy atom. The zero-order valence-electron chi connectivity index (χ0n) is 16.5. The summed E-state index contributed by atoms with van der Waals surface area (Å²) in [7, 11) is -1.27. The van der Waals surface area contributed by atoms with Gasteiger partial charge >= 0.3 is 0 Å². The second-order valence-electron chi connectivity index (χ2n) is 7.08. The summed E-state index contributed by atoms with van der Waals surface area (Å²) in [5, 5.41) is 9.74. The number of hydrogen-bond acceptors (Lipinski definition) is 4. The Morgan fingerprint density at radius 3 is 2.15 bits per heavy atom. The van der Waals surface area contributed by atoms with E-state index < -0.39 is 8.07 Å². The van der Waals surface area contributed by atoms with E-state index in [1.54, 1.807) is 0 Å². The minimum absolute atomic E-state index is 0. The summed E-state index contributed by atoms with van der Waals surface area (Å²) in [6.45, 7) is 13.8. The van der Waals surface area contributed by atoms with Crippen molar-refractivity contribution in [3.05, 3.63) is 53.7 Å². The van der Waals surface area contributed by atoms with Crippen LogP contribution >= 0.6 is 0 Å². The number of aromatic nitrogens is 2. The molecule has 0 atom stereocenters. The van der Waals surface area contributed by atoms with Gasteiger partial charge in [0.2, 0.25) is 0 Å². The molecule has 143 valence electrons. The normalized spacial score (nSPS) is 11.1. The van der Waals surface area contributed by atoms with Crippen LogP contribution in [0.2, 0.25) is 19.6 Å². The third-order valence-electron chi connectivity index (χ3n) is 3.43. The van der Waals surface area contributed by atoms with Crippen molar-refractivity contribution in [2.45, 2.75) is 47.3 Å². The van der Waals surface area contributed by atoms with Crippen LogP contribution in [0, 0.1) is 19.9 Å². The first kappa shape index (κ1) is 24.4. The maximum Gasteiger partial charge on any atom is 0.155 e. The molecular weight excluding hydrogens is 521 g/mol. The Balaban J connectivity index is 0.000000673. The topological polar surface area (TPSA) is 63.1 Å². The van der Waals surface area contributed by atoms with Crippen LogP contribution in [0.3, 0.4) is 0 Å². The van der Waals surface area contributed by atoms with E-state index in [1.807, 2.05) is 26.1 Å². The molecule has 0 amide bonds. The largest absolute Gasteiger partial charge is 0.512 e. The van der Waals surface area contributed by atoms with Crippen molar-refractivity contribution in [2.75, 3.05) is 0 Å². The van der Waals surface area contributed by atoms with Crippen LogP contribution < -0.4 is 5.19 Å². The Hall–Kier alpha value is -1.62. The summed E-state index contributed by atoms with van der Waals surface area (Å²) >= 11 is 0. The molecule has 0 aliphatic carbocycles. The molecule has 0 aliphatic rings. The maximum absolute atomic E-state index is 10.0. The van der Waals surface area contributed by atoms with Crippen molar-refractivity contribution in [3.8, 4) is 11.3 Å². The van der Waals surface area contributed by atoms with E-state index in [1.165, 1.54) is 25.1 Å². The van der Waals surface area contributed by atoms with Gasteiger partial charge in [-0.25, -0.2) is 0 Å². The molecule has 6 heteroatoms. The number of aliphatic hydroxyl groups is 1. The molecule has 1 N–H and O–H groups in total. The summed E-state index contributed by atoms with van der Waals surface area (Å²) in [6, 6.07) is 9.46. The Labute approximate surface area is 171 Å². The zero-order chi connectivity index (χ0) is 19.2. The fourth-order valence-electron chi connectivity index (χ4n) is 2.17. The number of allylic oxidation sites excluding steroid dienone is 2. The molecule has 0 saturated heterocycles. The Kier molecular flexibility index (Phi) is 9.85. The molecule has 4 nitrogen and oxygen atoms in total. The van der Waals surface area contributed by atoms with E-state index in [0.717, 1.165) is 22.6 Å². The fraction of sp³-hybridized carbons (Fsp3) is 0.350. The van der Waals surface area contributed by atoms with Crippen molar-refractivity contribution in [1.82, 2.24) is 9.97 Å². The number of pyridine rings is 2. The average Bonchev–Trinajstić information content (AvgIpc) is 2.45. The smallest absolute Gasteiger partial charge is 0.155 e. The van der Waals surface area contributed by atoms with Crippen LogP contribution in [-0.2, 0) is 24.9 Å². The molecule has 0 unspecified atom stereocenters.